The van der Waals surface area contributed by atoms with Crippen molar-refractivity contribution < 1.29 is 13.2 Å². The number of hydrogen-bond acceptors (Lipinski definition) is 3. The van der Waals surface area contributed by atoms with Gasteiger partial charge in [-0.1, -0.05) is 0 Å². The molecule has 62 valence electrons. The number of primary amides is 1. The molecule has 11 heavy (non-hydrogen) atoms. The Morgan fingerprint density at radius 2 is 2.27 bits per heavy atom. The van der Waals surface area contributed by atoms with Crippen molar-refractivity contribution in [2.45, 2.75) is 6.04 Å². The van der Waals surface area contributed by atoms with Crippen LogP contribution in [0.2, 0.25) is 0 Å². The highest BCUT2D eigenvalue weighted by Gasteiger charge is 2.21. The molecule has 2 amide bonds. The molecule has 1 aliphatic heterocycles. The summed E-state index contributed by atoms with van der Waals surface area (Å²) < 4.78 is 21.5. The third-order valence-electron chi connectivity index (χ3n) is 1.26. The summed E-state index contributed by atoms with van der Waals surface area (Å²) in [5.41, 5.74) is 4.78. The van der Waals surface area contributed by atoms with Gasteiger partial charge in [-0.25, -0.2) is 13.2 Å². The quantitative estimate of drug-likeness (QED) is 0.535. The van der Waals surface area contributed by atoms with E-state index in [0.29, 0.717) is 0 Å². The first-order chi connectivity index (χ1) is 4.99. The average Bonchev–Trinajstić information content (AvgIpc) is 2.08. The predicted molar refractivity (Wildman–Crippen MR) is 39.4 cm³/mol. The number of amides is 2. The lowest BCUT2D eigenvalue weighted by Gasteiger charge is -2.05. The molecule has 0 aromatic rings. The second-order valence-electron chi connectivity index (χ2n) is 2.27. The fourth-order valence-corrected chi connectivity index (χ4v) is 2.08. The van der Waals surface area contributed by atoms with E-state index in [0.717, 1.165) is 5.41 Å². The zero-order valence-electron chi connectivity index (χ0n) is 5.65. The summed E-state index contributed by atoms with van der Waals surface area (Å²) in [4.78, 5) is 10.2. The fraction of sp³-hybridized carbons (Fsp3) is 0.400. The Labute approximate surface area is 64.2 Å². The highest BCUT2D eigenvalue weighted by atomic mass is 32.2. The third kappa shape index (κ3) is 2.23. The number of rotatable bonds is 1. The van der Waals surface area contributed by atoms with Crippen LogP contribution in [0, 0.1) is 0 Å². The zero-order valence-corrected chi connectivity index (χ0v) is 6.47. The molecule has 0 saturated heterocycles. The third-order valence-corrected chi connectivity index (χ3v) is 2.65. The Morgan fingerprint density at radius 3 is 2.64 bits per heavy atom. The highest BCUT2D eigenvalue weighted by Crippen LogP contribution is 2.06. The van der Waals surface area contributed by atoms with E-state index in [1.54, 1.807) is 0 Å². The summed E-state index contributed by atoms with van der Waals surface area (Å²) in [7, 11) is -3.09. The molecular weight excluding hydrogens is 168 g/mol. The molecule has 1 atom stereocenters. The van der Waals surface area contributed by atoms with Gasteiger partial charge in [0.05, 0.1) is 11.8 Å². The Bertz CT molecular complexity index is 293. The van der Waals surface area contributed by atoms with E-state index in [4.69, 9.17) is 5.73 Å². The lowest BCUT2D eigenvalue weighted by molar-refractivity contribution is 0.248. The minimum atomic E-state index is -3.09. The normalized spacial score (nSPS) is 26.7. The van der Waals surface area contributed by atoms with Gasteiger partial charge in [0.25, 0.3) is 0 Å². The number of carbonyl (C=O) groups is 1. The second-order valence-corrected chi connectivity index (χ2v) is 4.20. The molecule has 0 aromatic heterocycles. The highest BCUT2D eigenvalue weighted by molar-refractivity contribution is 7.94. The van der Waals surface area contributed by atoms with Crippen molar-refractivity contribution in [3.8, 4) is 0 Å². The Hall–Kier alpha value is -1.04. The minimum absolute atomic E-state index is 0.0874. The molecule has 0 fully saturated rings. The first kappa shape index (κ1) is 8.06. The Morgan fingerprint density at radius 1 is 1.64 bits per heavy atom. The molecule has 0 aliphatic carbocycles. The van der Waals surface area contributed by atoms with Crippen LogP contribution in [0.15, 0.2) is 11.5 Å². The molecule has 0 radical (unpaired) electrons. The van der Waals surface area contributed by atoms with Crippen LogP contribution in [0.3, 0.4) is 0 Å². The van der Waals surface area contributed by atoms with Gasteiger partial charge in [-0.3, -0.25) is 0 Å². The van der Waals surface area contributed by atoms with Gasteiger partial charge in [0.15, 0.2) is 9.84 Å². The van der Waals surface area contributed by atoms with Gasteiger partial charge < -0.3 is 11.1 Å². The van der Waals surface area contributed by atoms with E-state index in [-0.39, 0.29) is 5.75 Å². The zero-order chi connectivity index (χ0) is 8.48. The number of urea groups is 1. The van der Waals surface area contributed by atoms with Crippen molar-refractivity contribution in [3.05, 3.63) is 11.5 Å². The summed E-state index contributed by atoms with van der Waals surface area (Å²) in [6.07, 6.45) is 1.40. The smallest absolute Gasteiger partial charge is 0.312 e. The van der Waals surface area contributed by atoms with Crippen LogP contribution in [-0.4, -0.2) is 26.2 Å². The second kappa shape index (κ2) is 2.54. The lowest BCUT2D eigenvalue weighted by atomic mass is 10.3. The number of sulfone groups is 1. The van der Waals surface area contributed by atoms with Gasteiger partial charge in [0.2, 0.25) is 0 Å². The van der Waals surface area contributed by atoms with Gasteiger partial charge >= 0.3 is 6.03 Å². The van der Waals surface area contributed by atoms with Gasteiger partial charge in [-0.15, -0.1) is 0 Å². The largest absolute Gasteiger partial charge is 0.352 e. The number of nitrogens with two attached hydrogens (primary N) is 1. The maximum Gasteiger partial charge on any atom is 0.312 e. The van der Waals surface area contributed by atoms with Crippen LogP contribution >= 0.6 is 0 Å². The van der Waals surface area contributed by atoms with E-state index in [2.05, 4.69) is 5.32 Å². The van der Waals surface area contributed by atoms with Crippen molar-refractivity contribution in [2.75, 3.05) is 5.75 Å². The fourth-order valence-electron chi connectivity index (χ4n) is 0.848. The van der Waals surface area contributed by atoms with Crippen molar-refractivity contribution in [1.82, 2.24) is 5.32 Å². The summed E-state index contributed by atoms with van der Waals surface area (Å²) in [5, 5.41) is 3.35. The molecule has 0 unspecified atom stereocenters. The van der Waals surface area contributed by atoms with Gasteiger partial charge in [-0.2, -0.15) is 0 Å². The molecule has 0 bridgehead atoms. The van der Waals surface area contributed by atoms with Crippen LogP contribution in [0.4, 0.5) is 4.79 Å². The van der Waals surface area contributed by atoms with Crippen LogP contribution in [-0.2, 0) is 9.84 Å². The molecule has 5 nitrogen and oxygen atoms in total. The monoisotopic (exact) mass is 176 g/mol. The number of nitrogens with one attached hydrogen (secondary N) is 1. The molecule has 1 aliphatic rings. The van der Waals surface area contributed by atoms with E-state index >= 15 is 0 Å². The van der Waals surface area contributed by atoms with E-state index < -0.39 is 21.9 Å². The summed E-state index contributed by atoms with van der Waals surface area (Å²) in [6.45, 7) is 0. The molecular formula is C5H8N2O3S. The maximum atomic E-state index is 10.7. The average molecular weight is 176 g/mol. The first-order valence-corrected chi connectivity index (χ1v) is 4.68. The van der Waals surface area contributed by atoms with Crippen molar-refractivity contribution >= 4 is 15.9 Å². The van der Waals surface area contributed by atoms with E-state index in [1.165, 1.54) is 6.08 Å². The van der Waals surface area contributed by atoms with Crippen molar-refractivity contribution in [1.29, 1.82) is 0 Å². The minimum Gasteiger partial charge on any atom is -0.352 e. The van der Waals surface area contributed by atoms with Crippen LogP contribution in [0.25, 0.3) is 0 Å². The van der Waals surface area contributed by atoms with Gasteiger partial charge in [0, 0.05) is 5.41 Å². The van der Waals surface area contributed by atoms with Crippen molar-refractivity contribution in [2.24, 2.45) is 5.73 Å². The van der Waals surface area contributed by atoms with Crippen LogP contribution in [0.5, 0.6) is 0 Å². The molecule has 0 spiro atoms. The summed E-state index contributed by atoms with van der Waals surface area (Å²) in [5.74, 6) is -0.0874. The van der Waals surface area contributed by atoms with Gasteiger partial charge in [0.1, 0.15) is 0 Å². The Kier molecular flexibility index (Phi) is 1.86. The van der Waals surface area contributed by atoms with Gasteiger partial charge in [-0.05, 0) is 6.08 Å². The number of carbonyl (C=O) groups excluding carboxylic acids is 1. The first-order valence-electron chi connectivity index (χ1n) is 2.96. The molecule has 3 N–H and O–H groups in total. The molecule has 1 rings (SSSR count). The molecule has 1 heterocycles. The molecule has 0 aromatic carbocycles. The van der Waals surface area contributed by atoms with Crippen molar-refractivity contribution in [3.63, 3.8) is 0 Å². The Balaban J connectivity index is 2.58. The molecule has 6 heteroatoms. The maximum absolute atomic E-state index is 10.7. The standard InChI is InChI=1S/C5H8N2O3S/c6-5(8)7-4-1-2-11(9,10)3-4/h1-2,4H,3H2,(H3,6,7,8)/t4-/m0/s1. The number of hydrogen-bond donors (Lipinski definition) is 2. The topological polar surface area (TPSA) is 89.3 Å². The van der Waals surface area contributed by atoms with Crippen LogP contribution in [0.1, 0.15) is 0 Å². The predicted octanol–water partition coefficient (Wildman–Crippen LogP) is -1.03. The van der Waals surface area contributed by atoms with Crippen LogP contribution < -0.4 is 11.1 Å². The molecule has 0 saturated carbocycles. The summed E-state index contributed by atoms with van der Waals surface area (Å²) in [6, 6.07) is -1.17. The SMILES string of the molecule is NC(=O)N[C@H]1C=CS(=O)(=O)C1. The van der Waals surface area contributed by atoms with E-state index in [9.17, 15) is 13.2 Å². The summed E-state index contributed by atoms with van der Waals surface area (Å²) >= 11 is 0. The lowest BCUT2D eigenvalue weighted by Crippen LogP contribution is -2.39. The van der Waals surface area contributed by atoms with E-state index in [1.807, 2.05) is 0 Å².